The molecule has 2 heterocycles. The first-order chi connectivity index (χ1) is 13.8. The molecule has 29 heavy (non-hydrogen) atoms. The van der Waals surface area contributed by atoms with Gasteiger partial charge in [0, 0.05) is 45.6 Å². The summed E-state index contributed by atoms with van der Waals surface area (Å²) in [5.74, 6) is 0.933. The van der Waals surface area contributed by atoms with Crippen LogP contribution in [0.5, 0.6) is 0 Å². The molecule has 1 aliphatic heterocycles. The second-order valence-corrected chi connectivity index (χ2v) is 6.97. The lowest BCUT2D eigenvalue weighted by molar-refractivity contribution is -0.00802. The quantitative estimate of drug-likeness (QED) is 0.255. The van der Waals surface area contributed by atoms with Gasteiger partial charge in [0.05, 0.1) is 26.0 Å². The summed E-state index contributed by atoms with van der Waals surface area (Å²) in [6.45, 7) is 4.65. The van der Waals surface area contributed by atoms with Crippen LogP contribution in [0.15, 0.2) is 47.7 Å². The van der Waals surface area contributed by atoms with E-state index in [4.69, 9.17) is 9.47 Å². The molecule has 1 unspecified atom stereocenters. The van der Waals surface area contributed by atoms with Crippen molar-refractivity contribution in [2.75, 3.05) is 39.9 Å². The van der Waals surface area contributed by atoms with Crippen molar-refractivity contribution in [1.82, 2.24) is 20.0 Å². The van der Waals surface area contributed by atoms with E-state index in [0.717, 1.165) is 50.6 Å². The molecule has 7 nitrogen and oxygen atoms in total. The highest BCUT2D eigenvalue weighted by molar-refractivity contribution is 14.0. The topological polar surface area (TPSA) is 63.9 Å². The first-order valence-corrected chi connectivity index (χ1v) is 9.93. The zero-order valence-corrected chi connectivity index (χ0v) is 19.6. The summed E-state index contributed by atoms with van der Waals surface area (Å²) in [6, 6.07) is 10.3. The molecule has 1 aromatic carbocycles. The molecular weight excluding hydrogens is 481 g/mol. The summed E-state index contributed by atoms with van der Waals surface area (Å²) < 4.78 is 13.5. The Morgan fingerprint density at radius 1 is 1.31 bits per heavy atom. The molecule has 160 valence electrons. The van der Waals surface area contributed by atoms with Crippen LogP contribution in [0.2, 0.25) is 0 Å². The van der Waals surface area contributed by atoms with E-state index in [0.29, 0.717) is 13.2 Å². The van der Waals surface area contributed by atoms with Crippen molar-refractivity contribution < 1.29 is 9.47 Å². The fourth-order valence-electron chi connectivity index (χ4n) is 3.28. The molecular formula is C21H32IN5O2. The van der Waals surface area contributed by atoms with Gasteiger partial charge in [0.25, 0.3) is 0 Å². The van der Waals surface area contributed by atoms with E-state index < -0.39 is 0 Å². The summed E-state index contributed by atoms with van der Waals surface area (Å²) in [6.07, 6.45) is 5.99. The number of guanidine groups is 1. The second kappa shape index (κ2) is 12.8. The Labute approximate surface area is 190 Å². The average molecular weight is 513 g/mol. The number of hydrogen-bond acceptors (Lipinski definition) is 4. The van der Waals surface area contributed by atoms with E-state index in [9.17, 15) is 0 Å². The highest BCUT2D eigenvalue weighted by atomic mass is 127. The first-order valence-electron chi connectivity index (χ1n) is 9.93. The number of aromatic nitrogens is 2. The van der Waals surface area contributed by atoms with Gasteiger partial charge >= 0.3 is 0 Å². The van der Waals surface area contributed by atoms with Crippen molar-refractivity contribution in [3.05, 3.63) is 53.9 Å². The lowest BCUT2D eigenvalue weighted by Crippen LogP contribution is -2.48. The number of morpholine rings is 1. The van der Waals surface area contributed by atoms with E-state index in [1.165, 1.54) is 5.56 Å². The predicted molar refractivity (Wildman–Crippen MR) is 126 cm³/mol. The molecule has 2 aromatic rings. The largest absolute Gasteiger partial charge is 0.377 e. The lowest BCUT2D eigenvalue weighted by atomic mass is 10.1. The van der Waals surface area contributed by atoms with Crippen molar-refractivity contribution in [1.29, 1.82) is 0 Å². The molecule has 0 amide bonds. The van der Waals surface area contributed by atoms with Gasteiger partial charge in [-0.15, -0.1) is 24.0 Å². The minimum absolute atomic E-state index is 0. The number of aryl methyl sites for hydroxylation is 1. The maximum Gasteiger partial charge on any atom is 0.193 e. The summed E-state index contributed by atoms with van der Waals surface area (Å²) in [7, 11) is 3.76. The zero-order valence-electron chi connectivity index (χ0n) is 17.3. The van der Waals surface area contributed by atoms with Crippen LogP contribution in [-0.4, -0.2) is 60.5 Å². The molecule has 0 saturated carbocycles. The molecule has 0 spiro atoms. The number of ether oxygens (including phenoxy) is 2. The summed E-state index contributed by atoms with van der Waals surface area (Å²) >= 11 is 0. The van der Waals surface area contributed by atoms with Crippen molar-refractivity contribution in [3.63, 3.8) is 0 Å². The number of rotatable bonds is 8. The van der Waals surface area contributed by atoms with Crippen molar-refractivity contribution >= 4 is 29.9 Å². The summed E-state index contributed by atoms with van der Waals surface area (Å²) in [5, 5.41) is 7.72. The van der Waals surface area contributed by atoms with Crippen LogP contribution < -0.4 is 5.32 Å². The molecule has 1 fully saturated rings. The fraction of sp³-hybridized carbons (Fsp3) is 0.524. The molecule has 1 atom stereocenters. The Morgan fingerprint density at radius 3 is 2.86 bits per heavy atom. The molecule has 1 N–H and O–H groups in total. The number of hydrogen-bond donors (Lipinski definition) is 1. The second-order valence-electron chi connectivity index (χ2n) is 6.97. The third kappa shape index (κ3) is 7.60. The SMILES string of the molecule is CN=C(NCCCCOCc1ccccc1)N1CCOC(c2cnn(C)c2)C1.I. The summed E-state index contributed by atoms with van der Waals surface area (Å²) in [4.78, 5) is 6.70. The van der Waals surface area contributed by atoms with E-state index in [1.54, 1.807) is 0 Å². The van der Waals surface area contributed by atoms with Crippen molar-refractivity contribution in [3.8, 4) is 0 Å². The van der Waals surface area contributed by atoms with Gasteiger partial charge in [-0.1, -0.05) is 30.3 Å². The van der Waals surface area contributed by atoms with E-state index in [2.05, 4.69) is 32.4 Å². The normalized spacial score (nSPS) is 17.1. The maximum absolute atomic E-state index is 5.91. The number of nitrogens with zero attached hydrogens (tertiary/aromatic N) is 4. The van der Waals surface area contributed by atoms with Gasteiger partial charge in [0.2, 0.25) is 0 Å². The smallest absolute Gasteiger partial charge is 0.193 e. The summed E-state index contributed by atoms with van der Waals surface area (Å²) in [5.41, 5.74) is 2.33. The lowest BCUT2D eigenvalue weighted by Gasteiger charge is -2.34. The Kier molecular flexibility index (Phi) is 10.4. The van der Waals surface area contributed by atoms with Crippen LogP contribution >= 0.6 is 24.0 Å². The van der Waals surface area contributed by atoms with Gasteiger partial charge in [-0.25, -0.2) is 0 Å². The van der Waals surface area contributed by atoms with Gasteiger partial charge in [-0.05, 0) is 18.4 Å². The number of unbranched alkanes of at least 4 members (excludes halogenated alkanes) is 1. The number of nitrogens with one attached hydrogen (secondary N) is 1. The Balaban J connectivity index is 0.00000300. The van der Waals surface area contributed by atoms with Gasteiger partial charge in [-0.2, -0.15) is 5.10 Å². The van der Waals surface area contributed by atoms with E-state index in [1.807, 2.05) is 49.4 Å². The van der Waals surface area contributed by atoms with Crippen LogP contribution in [0.4, 0.5) is 0 Å². The standard InChI is InChI=1S/C21H31N5O2.HI/c1-22-21(23-10-6-7-12-27-17-18-8-4-3-5-9-18)26-11-13-28-20(16-26)19-14-24-25(2)15-19;/h3-5,8-9,14-15,20H,6-7,10-13,16-17H2,1-2H3,(H,22,23);1H. The van der Waals surface area contributed by atoms with Crippen molar-refractivity contribution in [2.24, 2.45) is 12.0 Å². The highest BCUT2D eigenvalue weighted by Gasteiger charge is 2.24. The molecule has 0 bridgehead atoms. The Hall–Kier alpha value is -1.65. The van der Waals surface area contributed by atoms with E-state index >= 15 is 0 Å². The van der Waals surface area contributed by atoms with Gasteiger partial charge < -0.3 is 19.7 Å². The Morgan fingerprint density at radius 2 is 2.14 bits per heavy atom. The van der Waals surface area contributed by atoms with Crippen molar-refractivity contribution in [2.45, 2.75) is 25.6 Å². The first kappa shape index (κ1) is 23.6. The molecule has 1 saturated heterocycles. The van der Waals surface area contributed by atoms with Crippen LogP contribution in [0.1, 0.15) is 30.1 Å². The third-order valence-electron chi connectivity index (χ3n) is 4.78. The van der Waals surface area contributed by atoms with Gasteiger partial charge in [0.15, 0.2) is 5.96 Å². The fourth-order valence-corrected chi connectivity index (χ4v) is 3.28. The molecule has 1 aliphatic rings. The van der Waals surface area contributed by atoms with Gasteiger partial charge in [0.1, 0.15) is 6.10 Å². The van der Waals surface area contributed by atoms with Crippen LogP contribution in [0, 0.1) is 0 Å². The van der Waals surface area contributed by atoms with E-state index in [-0.39, 0.29) is 30.1 Å². The van der Waals surface area contributed by atoms with Crippen LogP contribution in [0.3, 0.4) is 0 Å². The minimum atomic E-state index is 0. The zero-order chi connectivity index (χ0) is 19.6. The Bertz CT molecular complexity index is 738. The predicted octanol–water partition coefficient (Wildman–Crippen LogP) is 2.98. The molecule has 8 heteroatoms. The highest BCUT2D eigenvalue weighted by Crippen LogP contribution is 2.21. The van der Waals surface area contributed by atoms with Gasteiger partial charge in [-0.3, -0.25) is 9.67 Å². The molecule has 0 aliphatic carbocycles. The molecule has 1 aromatic heterocycles. The minimum Gasteiger partial charge on any atom is -0.377 e. The third-order valence-corrected chi connectivity index (χ3v) is 4.78. The average Bonchev–Trinajstić information content (AvgIpc) is 3.17. The molecule has 3 rings (SSSR count). The van der Waals surface area contributed by atoms with Crippen LogP contribution in [0.25, 0.3) is 0 Å². The monoisotopic (exact) mass is 513 g/mol. The number of halogens is 1. The number of aliphatic imine (C=N–C) groups is 1. The number of benzene rings is 1. The van der Waals surface area contributed by atoms with Crippen LogP contribution in [-0.2, 0) is 23.1 Å². The molecule has 0 radical (unpaired) electrons. The maximum atomic E-state index is 5.91.